The molecule has 1 atom stereocenters. The van der Waals surface area contributed by atoms with Crippen molar-refractivity contribution >= 4 is 5.69 Å². The van der Waals surface area contributed by atoms with Gasteiger partial charge in [-0.3, -0.25) is 0 Å². The number of hydrogen-bond donors (Lipinski definition) is 1. The Morgan fingerprint density at radius 3 is 2.47 bits per heavy atom. The van der Waals surface area contributed by atoms with E-state index in [9.17, 15) is 13.2 Å². The molecule has 0 heterocycles. The lowest BCUT2D eigenvalue weighted by Gasteiger charge is -2.14. The summed E-state index contributed by atoms with van der Waals surface area (Å²) >= 11 is 0. The van der Waals surface area contributed by atoms with Crippen molar-refractivity contribution in [2.24, 2.45) is 0 Å². The Labute approximate surface area is 86.1 Å². The SMILES string of the molecule is COc1ccc(NC(C)C(F)F)cc1F. The number of rotatable bonds is 4. The molecule has 1 aromatic carbocycles. The Bertz CT molecular complexity index is 330. The van der Waals surface area contributed by atoms with Crippen LogP contribution in [0.25, 0.3) is 0 Å². The average molecular weight is 219 g/mol. The smallest absolute Gasteiger partial charge is 0.258 e. The zero-order valence-electron chi connectivity index (χ0n) is 8.43. The third kappa shape index (κ3) is 3.04. The van der Waals surface area contributed by atoms with E-state index in [4.69, 9.17) is 4.74 Å². The van der Waals surface area contributed by atoms with Crippen molar-refractivity contribution < 1.29 is 17.9 Å². The third-order valence-corrected chi connectivity index (χ3v) is 1.92. The standard InChI is InChI=1S/C10H12F3NO/c1-6(10(12)13)14-7-3-4-9(15-2)8(11)5-7/h3-6,10,14H,1-2H3. The van der Waals surface area contributed by atoms with E-state index in [1.54, 1.807) is 0 Å². The monoisotopic (exact) mass is 219 g/mol. The number of nitrogens with one attached hydrogen (secondary N) is 1. The van der Waals surface area contributed by atoms with Gasteiger partial charge in [-0.05, 0) is 19.1 Å². The minimum Gasteiger partial charge on any atom is -0.494 e. The molecule has 0 aliphatic heterocycles. The van der Waals surface area contributed by atoms with Gasteiger partial charge in [0.25, 0.3) is 6.43 Å². The summed E-state index contributed by atoms with van der Waals surface area (Å²) in [5.74, 6) is -0.491. The van der Waals surface area contributed by atoms with Gasteiger partial charge >= 0.3 is 0 Å². The number of alkyl halides is 2. The molecular formula is C10H12F3NO. The van der Waals surface area contributed by atoms with Crippen molar-refractivity contribution in [3.8, 4) is 5.75 Å². The molecule has 0 aliphatic carbocycles. The number of benzene rings is 1. The first-order valence-corrected chi connectivity index (χ1v) is 4.43. The first-order chi connectivity index (χ1) is 7.04. The number of anilines is 1. The Hall–Kier alpha value is -1.39. The molecule has 0 fully saturated rings. The van der Waals surface area contributed by atoms with Gasteiger partial charge in [0.15, 0.2) is 11.6 Å². The first-order valence-electron chi connectivity index (χ1n) is 4.43. The van der Waals surface area contributed by atoms with Gasteiger partial charge in [0.05, 0.1) is 13.2 Å². The topological polar surface area (TPSA) is 21.3 Å². The van der Waals surface area contributed by atoms with Gasteiger partial charge in [-0.2, -0.15) is 0 Å². The van der Waals surface area contributed by atoms with Crippen molar-refractivity contribution in [3.05, 3.63) is 24.0 Å². The average Bonchev–Trinajstić information content (AvgIpc) is 2.18. The zero-order valence-corrected chi connectivity index (χ0v) is 8.43. The van der Waals surface area contributed by atoms with E-state index >= 15 is 0 Å². The van der Waals surface area contributed by atoms with Crippen molar-refractivity contribution in [1.82, 2.24) is 0 Å². The van der Waals surface area contributed by atoms with Gasteiger partial charge in [0, 0.05) is 11.8 Å². The zero-order chi connectivity index (χ0) is 11.4. The Balaban J connectivity index is 2.75. The van der Waals surface area contributed by atoms with E-state index in [1.807, 2.05) is 0 Å². The first kappa shape index (κ1) is 11.7. The van der Waals surface area contributed by atoms with Gasteiger partial charge in [-0.1, -0.05) is 0 Å². The fraction of sp³-hybridized carbons (Fsp3) is 0.400. The summed E-state index contributed by atoms with van der Waals surface area (Å²) in [5.41, 5.74) is 0.307. The number of hydrogen-bond acceptors (Lipinski definition) is 2. The van der Waals surface area contributed by atoms with E-state index in [0.29, 0.717) is 5.69 Å². The van der Waals surface area contributed by atoms with Crippen LogP contribution in [0.2, 0.25) is 0 Å². The molecule has 1 unspecified atom stereocenters. The van der Waals surface area contributed by atoms with Gasteiger partial charge in [-0.15, -0.1) is 0 Å². The Kier molecular flexibility index (Phi) is 3.82. The molecular weight excluding hydrogens is 207 g/mol. The molecule has 0 saturated carbocycles. The maximum atomic E-state index is 13.1. The predicted octanol–water partition coefficient (Wildman–Crippen LogP) is 2.90. The second kappa shape index (κ2) is 4.91. The van der Waals surface area contributed by atoms with Crippen LogP contribution in [0.1, 0.15) is 6.92 Å². The normalized spacial score (nSPS) is 12.7. The second-order valence-corrected chi connectivity index (χ2v) is 3.12. The molecule has 0 aliphatic rings. The molecule has 0 radical (unpaired) electrons. The van der Waals surface area contributed by atoms with Crippen LogP contribution in [0.5, 0.6) is 5.75 Å². The highest BCUT2D eigenvalue weighted by Gasteiger charge is 2.14. The molecule has 0 amide bonds. The van der Waals surface area contributed by atoms with Crippen molar-refractivity contribution in [2.45, 2.75) is 19.4 Å². The van der Waals surface area contributed by atoms with Gasteiger partial charge in [0.2, 0.25) is 0 Å². The summed E-state index contributed by atoms with van der Waals surface area (Å²) in [4.78, 5) is 0. The lowest BCUT2D eigenvalue weighted by Crippen LogP contribution is -2.23. The van der Waals surface area contributed by atoms with Crippen molar-refractivity contribution in [2.75, 3.05) is 12.4 Å². The van der Waals surface area contributed by atoms with Gasteiger partial charge < -0.3 is 10.1 Å². The van der Waals surface area contributed by atoms with E-state index < -0.39 is 18.3 Å². The molecule has 1 N–H and O–H groups in total. The number of ether oxygens (including phenoxy) is 1. The lowest BCUT2D eigenvalue weighted by molar-refractivity contribution is 0.130. The minimum atomic E-state index is -2.49. The van der Waals surface area contributed by atoms with Crippen molar-refractivity contribution in [3.63, 3.8) is 0 Å². The van der Waals surface area contributed by atoms with E-state index in [2.05, 4.69) is 5.32 Å². The summed E-state index contributed by atoms with van der Waals surface area (Å²) in [7, 11) is 1.34. The second-order valence-electron chi connectivity index (χ2n) is 3.12. The van der Waals surface area contributed by atoms with E-state index in [-0.39, 0.29) is 5.75 Å². The van der Waals surface area contributed by atoms with E-state index in [0.717, 1.165) is 6.07 Å². The summed E-state index contributed by atoms with van der Waals surface area (Å²) in [6, 6.07) is 2.98. The molecule has 0 spiro atoms. The van der Waals surface area contributed by atoms with Crippen LogP contribution in [-0.4, -0.2) is 19.6 Å². The van der Waals surface area contributed by atoms with Crippen LogP contribution < -0.4 is 10.1 Å². The molecule has 0 aromatic heterocycles. The number of halogens is 3. The molecule has 2 nitrogen and oxygen atoms in total. The molecule has 15 heavy (non-hydrogen) atoms. The minimum absolute atomic E-state index is 0.0882. The quantitative estimate of drug-likeness (QED) is 0.840. The lowest BCUT2D eigenvalue weighted by atomic mass is 10.2. The summed E-state index contributed by atoms with van der Waals surface area (Å²) in [5, 5.41) is 2.49. The Morgan fingerprint density at radius 1 is 1.33 bits per heavy atom. The highest BCUT2D eigenvalue weighted by atomic mass is 19.3. The van der Waals surface area contributed by atoms with Crippen LogP contribution in [-0.2, 0) is 0 Å². The Morgan fingerprint density at radius 2 is 2.00 bits per heavy atom. The maximum Gasteiger partial charge on any atom is 0.258 e. The van der Waals surface area contributed by atoms with E-state index in [1.165, 1.54) is 26.2 Å². The summed E-state index contributed by atoms with van der Waals surface area (Å²) < 4.78 is 42.2. The van der Waals surface area contributed by atoms with Gasteiger partial charge in [-0.25, -0.2) is 13.2 Å². The molecule has 1 aromatic rings. The fourth-order valence-corrected chi connectivity index (χ4v) is 1.08. The predicted molar refractivity (Wildman–Crippen MR) is 52.0 cm³/mol. The maximum absolute atomic E-state index is 13.1. The molecule has 0 bridgehead atoms. The highest BCUT2D eigenvalue weighted by Crippen LogP contribution is 2.21. The molecule has 84 valence electrons. The summed E-state index contributed by atoms with van der Waals surface area (Å²) in [6.45, 7) is 1.33. The van der Waals surface area contributed by atoms with Gasteiger partial charge in [0.1, 0.15) is 0 Å². The van der Waals surface area contributed by atoms with Crippen LogP contribution in [0.4, 0.5) is 18.9 Å². The number of methoxy groups -OCH3 is 1. The van der Waals surface area contributed by atoms with Crippen LogP contribution in [0.3, 0.4) is 0 Å². The summed E-state index contributed by atoms with van der Waals surface area (Å²) in [6.07, 6.45) is -2.49. The largest absolute Gasteiger partial charge is 0.494 e. The third-order valence-electron chi connectivity index (χ3n) is 1.92. The highest BCUT2D eigenvalue weighted by molar-refractivity contribution is 5.47. The van der Waals surface area contributed by atoms with Crippen LogP contribution in [0, 0.1) is 5.82 Å². The van der Waals surface area contributed by atoms with Crippen molar-refractivity contribution in [1.29, 1.82) is 0 Å². The molecule has 1 rings (SSSR count). The fourth-order valence-electron chi connectivity index (χ4n) is 1.08. The molecule has 0 saturated heterocycles. The van der Waals surface area contributed by atoms with Crippen LogP contribution >= 0.6 is 0 Å². The molecule has 5 heteroatoms. The van der Waals surface area contributed by atoms with Crippen LogP contribution in [0.15, 0.2) is 18.2 Å².